The zero-order valence-corrected chi connectivity index (χ0v) is 11.5. The number of hydrogen-bond donors (Lipinski definition) is 1. The van der Waals surface area contributed by atoms with Gasteiger partial charge < -0.3 is 5.32 Å². The minimum absolute atomic E-state index is 0.0985. The van der Waals surface area contributed by atoms with Crippen molar-refractivity contribution in [3.05, 3.63) is 62.8 Å². The van der Waals surface area contributed by atoms with Crippen LogP contribution in [0.2, 0.25) is 15.1 Å². The Bertz CT molecular complexity index is 572. The second-order valence-electron chi connectivity index (χ2n) is 3.72. The SMILES string of the molecule is Fc1cc(NCc2cc(Cl)ccc2Cl)ccc1Cl. The van der Waals surface area contributed by atoms with E-state index in [1.54, 1.807) is 24.3 Å². The molecule has 0 unspecified atom stereocenters. The first-order valence-electron chi connectivity index (χ1n) is 5.19. The van der Waals surface area contributed by atoms with E-state index in [9.17, 15) is 4.39 Å². The van der Waals surface area contributed by atoms with E-state index in [0.29, 0.717) is 22.3 Å². The number of anilines is 1. The van der Waals surface area contributed by atoms with Gasteiger partial charge in [0.05, 0.1) is 5.02 Å². The number of benzene rings is 2. The van der Waals surface area contributed by atoms with Crippen molar-refractivity contribution in [3.8, 4) is 0 Å². The number of halogens is 4. The van der Waals surface area contributed by atoms with Gasteiger partial charge in [0, 0.05) is 22.3 Å². The molecular formula is C13H9Cl3FN. The van der Waals surface area contributed by atoms with Crippen molar-refractivity contribution in [1.82, 2.24) is 0 Å². The summed E-state index contributed by atoms with van der Waals surface area (Å²) in [5, 5.41) is 4.38. The molecule has 0 aliphatic heterocycles. The van der Waals surface area contributed by atoms with Crippen molar-refractivity contribution >= 4 is 40.5 Å². The van der Waals surface area contributed by atoms with Crippen molar-refractivity contribution in [3.63, 3.8) is 0 Å². The van der Waals surface area contributed by atoms with Crippen LogP contribution in [-0.2, 0) is 6.54 Å². The largest absolute Gasteiger partial charge is 0.381 e. The van der Waals surface area contributed by atoms with Gasteiger partial charge in [-0.1, -0.05) is 34.8 Å². The van der Waals surface area contributed by atoms with Gasteiger partial charge in [0.15, 0.2) is 0 Å². The van der Waals surface area contributed by atoms with Crippen LogP contribution < -0.4 is 5.32 Å². The second-order valence-corrected chi connectivity index (χ2v) is 4.97. The van der Waals surface area contributed by atoms with Crippen LogP contribution in [0, 0.1) is 5.82 Å². The molecule has 0 amide bonds. The van der Waals surface area contributed by atoms with E-state index < -0.39 is 5.82 Å². The maximum absolute atomic E-state index is 13.2. The first kappa shape index (κ1) is 13.5. The van der Waals surface area contributed by atoms with Crippen molar-refractivity contribution in [2.45, 2.75) is 6.54 Å². The average molecular weight is 305 g/mol. The number of hydrogen-bond acceptors (Lipinski definition) is 1. The normalized spacial score (nSPS) is 10.4. The summed E-state index contributed by atoms with van der Waals surface area (Å²) in [6.07, 6.45) is 0. The Morgan fingerprint density at radius 1 is 0.944 bits per heavy atom. The number of rotatable bonds is 3. The molecule has 0 spiro atoms. The fourth-order valence-corrected chi connectivity index (χ4v) is 1.98. The summed E-state index contributed by atoms with van der Waals surface area (Å²) in [4.78, 5) is 0. The third kappa shape index (κ3) is 3.29. The van der Waals surface area contributed by atoms with Crippen LogP contribution in [0.3, 0.4) is 0 Å². The third-order valence-electron chi connectivity index (χ3n) is 2.41. The van der Waals surface area contributed by atoms with Crippen LogP contribution >= 0.6 is 34.8 Å². The topological polar surface area (TPSA) is 12.0 Å². The molecule has 0 saturated carbocycles. The standard InChI is InChI=1S/C13H9Cl3FN/c14-9-1-3-11(15)8(5-9)7-18-10-2-4-12(16)13(17)6-10/h1-6,18H,7H2. The highest BCUT2D eigenvalue weighted by atomic mass is 35.5. The molecule has 0 bridgehead atoms. The highest BCUT2D eigenvalue weighted by molar-refractivity contribution is 6.33. The van der Waals surface area contributed by atoms with Crippen molar-refractivity contribution in [2.75, 3.05) is 5.32 Å². The maximum atomic E-state index is 13.2. The molecule has 0 fully saturated rings. The van der Waals surface area contributed by atoms with Crippen LogP contribution in [0.15, 0.2) is 36.4 Å². The van der Waals surface area contributed by atoms with Gasteiger partial charge in [-0.15, -0.1) is 0 Å². The maximum Gasteiger partial charge on any atom is 0.143 e. The van der Waals surface area contributed by atoms with E-state index in [-0.39, 0.29) is 5.02 Å². The molecule has 5 heteroatoms. The van der Waals surface area contributed by atoms with Gasteiger partial charge in [0.25, 0.3) is 0 Å². The molecule has 2 aromatic carbocycles. The van der Waals surface area contributed by atoms with E-state index >= 15 is 0 Å². The van der Waals surface area contributed by atoms with Crippen molar-refractivity contribution in [2.24, 2.45) is 0 Å². The fourth-order valence-electron chi connectivity index (χ4n) is 1.48. The zero-order chi connectivity index (χ0) is 13.1. The molecule has 94 valence electrons. The van der Waals surface area contributed by atoms with Crippen LogP contribution in [0.1, 0.15) is 5.56 Å². The molecule has 0 aromatic heterocycles. The lowest BCUT2D eigenvalue weighted by Gasteiger charge is -2.09. The van der Waals surface area contributed by atoms with Crippen LogP contribution in [-0.4, -0.2) is 0 Å². The molecule has 2 rings (SSSR count). The fraction of sp³-hybridized carbons (Fsp3) is 0.0769. The first-order valence-corrected chi connectivity index (χ1v) is 6.32. The molecule has 0 radical (unpaired) electrons. The Hall–Kier alpha value is -0.960. The lowest BCUT2D eigenvalue weighted by molar-refractivity contribution is 0.628. The summed E-state index contributed by atoms with van der Waals surface area (Å²) in [6, 6.07) is 9.74. The van der Waals surface area contributed by atoms with Crippen LogP contribution in [0.4, 0.5) is 10.1 Å². The molecule has 0 aliphatic rings. The predicted octanol–water partition coefficient (Wildman–Crippen LogP) is 5.40. The van der Waals surface area contributed by atoms with Gasteiger partial charge in [-0.2, -0.15) is 0 Å². The van der Waals surface area contributed by atoms with E-state index in [1.165, 1.54) is 12.1 Å². The average Bonchev–Trinajstić information content (AvgIpc) is 2.34. The molecule has 0 saturated heterocycles. The monoisotopic (exact) mass is 303 g/mol. The summed E-state index contributed by atoms with van der Waals surface area (Å²) in [6.45, 7) is 0.459. The Kier molecular flexibility index (Phi) is 4.33. The van der Waals surface area contributed by atoms with Gasteiger partial charge in [-0.3, -0.25) is 0 Å². The molecular weight excluding hydrogens is 296 g/mol. The zero-order valence-electron chi connectivity index (χ0n) is 9.18. The van der Waals surface area contributed by atoms with E-state index in [2.05, 4.69) is 5.32 Å². The Morgan fingerprint density at radius 2 is 1.67 bits per heavy atom. The molecule has 0 atom stereocenters. The smallest absolute Gasteiger partial charge is 0.143 e. The Morgan fingerprint density at radius 3 is 2.39 bits per heavy atom. The molecule has 1 N–H and O–H groups in total. The summed E-state index contributed by atoms with van der Waals surface area (Å²) in [7, 11) is 0. The minimum atomic E-state index is -0.459. The molecule has 18 heavy (non-hydrogen) atoms. The lowest BCUT2D eigenvalue weighted by atomic mass is 10.2. The highest BCUT2D eigenvalue weighted by Gasteiger charge is 2.03. The van der Waals surface area contributed by atoms with E-state index in [0.717, 1.165) is 5.56 Å². The van der Waals surface area contributed by atoms with Gasteiger partial charge in [-0.25, -0.2) is 4.39 Å². The van der Waals surface area contributed by atoms with Gasteiger partial charge in [0.2, 0.25) is 0 Å². The van der Waals surface area contributed by atoms with Gasteiger partial charge in [0.1, 0.15) is 5.82 Å². The van der Waals surface area contributed by atoms with E-state index in [4.69, 9.17) is 34.8 Å². The second kappa shape index (κ2) is 5.79. The summed E-state index contributed by atoms with van der Waals surface area (Å²) in [5.41, 5.74) is 1.48. The quantitative estimate of drug-likeness (QED) is 0.800. The van der Waals surface area contributed by atoms with Gasteiger partial charge >= 0.3 is 0 Å². The molecule has 2 aromatic rings. The van der Waals surface area contributed by atoms with Gasteiger partial charge in [-0.05, 0) is 42.0 Å². The summed E-state index contributed by atoms with van der Waals surface area (Å²) in [5.74, 6) is -0.459. The van der Waals surface area contributed by atoms with Crippen LogP contribution in [0.5, 0.6) is 0 Å². The predicted molar refractivity (Wildman–Crippen MR) is 75.2 cm³/mol. The number of nitrogens with one attached hydrogen (secondary N) is 1. The highest BCUT2D eigenvalue weighted by Crippen LogP contribution is 2.23. The summed E-state index contributed by atoms with van der Waals surface area (Å²) >= 11 is 17.5. The molecule has 1 nitrogen and oxygen atoms in total. The van der Waals surface area contributed by atoms with Crippen molar-refractivity contribution in [1.29, 1.82) is 0 Å². The van der Waals surface area contributed by atoms with E-state index in [1.807, 2.05) is 0 Å². The van der Waals surface area contributed by atoms with Crippen LogP contribution in [0.25, 0.3) is 0 Å². The first-order chi connectivity index (χ1) is 8.56. The molecule has 0 aliphatic carbocycles. The lowest BCUT2D eigenvalue weighted by Crippen LogP contribution is -2.00. The Labute approximate surface area is 119 Å². The summed E-state index contributed by atoms with van der Waals surface area (Å²) < 4.78 is 13.2. The van der Waals surface area contributed by atoms with Crippen molar-refractivity contribution < 1.29 is 4.39 Å². The third-order valence-corrected chi connectivity index (χ3v) is 3.32. The minimum Gasteiger partial charge on any atom is -0.381 e. The molecule has 0 heterocycles. The Balaban J connectivity index is 2.11.